The zero-order chi connectivity index (χ0) is 14.8. The number of nitrogens with one attached hydrogen (secondary N) is 1. The Morgan fingerprint density at radius 2 is 2.29 bits per heavy atom. The van der Waals surface area contributed by atoms with Gasteiger partial charge in [-0.15, -0.1) is 0 Å². The maximum absolute atomic E-state index is 9.15. The average Bonchev–Trinajstić information content (AvgIpc) is 2.70. The predicted molar refractivity (Wildman–Crippen MR) is 84.4 cm³/mol. The van der Waals surface area contributed by atoms with Crippen LogP contribution in [0.1, 0.15) is 30.0 Å². The van der Waals surface area contributed by atoms with Crippen molar-refractivity contribution in [3.05, 3.63) is 39.5 Å². The van der Waals surface area contributed by atoms with E-state index in [1.807, 2.05) is 18.2 Å². The normalized spacial score (nSPS) is 17.3. The van der Waals surface area contributed by atoms with Crippen LogP contribution in [0.4, 0.5) is 5.00 Å². The van der Waals surface area contributed by atoms with Crippen molar-refractivity contribution >= 4 is 39.7 Å². The highest BCUT2D eigenvalue weighted by Crippen LogP contribution is 2.38. The Labute approximate surface area is 136 Å². The molecule has 3 rings (SSSR count). The molecule has 1 unspecified atom stereocenters. The fraction of sp³-hybridized carbons (Fsp3) is 0.286. The Hall–Kier alpha value is -1.48. The fourth-order valence-corrected chi connectivity index (χ4v) is 3.47. The van der Waals surface area contributed by atoms with Gasteiger partial charge >= 0.3 is 0 Å². The number of nitrogens with zero attached hydrogens (tertiary/aromatic N) is 2. The van der Waals surface area contributed by atoms with E-state index in [9.17, 15) is 0 Å². The molecule has 1 N–H and O–H groups in total. The molecule has 1 aliphatic rings. The van der Waals surface area contributed by atoms with Crippen molar-refractivity contribution in [1.29, 1.82) is 5.26 Å². The Kier molecular flexibility index (Phi) is 4.20. The molecular formula is C14H11Cl2N3OS. The molecule has 0 fully saturated rings. The van der Waals surface area contributed by atoms with E-state index >= 15 is 0 Å². The lowest BCUT2D eigenvalue weighted by molar-refractivity contribution is 0.316. The van der Waals surface area contributed by atoms with Gasteiger partial charge in [-0.05, 0) is 36.5 Å². The lowest BCUT2D eigenvalue weighted by atomic mass is 10.0. The van der Waals surface area contributed by atoms with Crippen molar-refractivity contribution < 1.29 is 4.74 Å². The van der Waals surface area contributed by atoms with E-state index in [1.165, 1.54) is 11.5 Å². The maximum atomic E-state index is 9.15. The van der Waals surface area contributed by atoms with E-state index in [0.29, 0.717) is 22.2 Å². The van der Waals surface area contributed by atoms with Crippen molar-refractivity contribution in [2.45, 2.75) is 18.9 Å². The van der Waals surface area contributed by atoms with Crippen LogP contribution in [0.3, 0.4) is 0 Å². The minimum atomic E-state index is 0.0448. The summed E-state index contributed by atoms with van der Waals surface area (Å²) in [4.78, 5) is 0. The summed E-state index contributed by atoms with van der Waals surface area (Å²) in [5.41, 5.74) is 1.42. The van der Waals surface area contributed by atoms with E-state index in [2.05, 4.69) is 15.8 Å². The summed E-state index contributed by atoms with van der Waals surface area (Å²) in [5.74, 6) is 0.784. The largest absolute Gasteiger partial charge is 0.493 e. The van der Waals surface area contributed by atoms with Gasteiger partial charge in [-0.1, -0.05) is 29.3 Å². The number of fused-ring (bicyclic) bond motifs is 1. The molecule has 2 aromatic rings. The van der Waals surface area contributed by atoms with Gasteiger partial charge in [0.25, 0.3) is 0 Å². The Morgan fingerprint density at radius 1 is 1.43 bits per heavy atom. The molecule has 0 saturated carbocycles. The molecule has 2 heterocycles. The van der Waals surface area contributed by atoms with Crippen LogP contribution in [0, 0.1) is 11.3 Å². The van der Waals surface area contributed by atoms with Crippen molar-refractivity contribution in [3.63, 3.8) is 0 Å². The molecule has 0 bridgehead atoms. The third-order valence-electron chi connectivity index (χ3n) is 3.31. The van der Waals surface area contributed by atoms with Gasteiger partial charge in [0.2, 0.25) is 0 Å². The fourth-order valence-electron chi connectivity index (χ4n) is 2.32. The zero-order valence-electron chi connectivity index (χ0n) is 10.9. The smallest absolute Gasteiger partial charge is 0.162 e. The van der Waals surface area contributed by atoms with E-state index in [-0.39, 0.29) is 11.2 Å². The molecule has 21 heavy (non-hydrogen) atoms. The molecule has 108 valence electrons. The van der Waals surface area contributed by atoms with Crippen LogP contribution < -0.4 is 10.1 Å². The van der Waals surface area contributed by atoms with Gasteiger partial charge in [0.05, 0.1) is 12.6 Å². The second-order valence-electron chi connectivity index (χ2n) is 4.66. The Balaban J connectivity index is 1.94. The number of hydrogen-bond acceptors (Lipinski definition) is 5. The number of hydrogen-bond donors (Lipinski definition) is 1. The van der Waals surface area contributed by atoms with Crippen molar-refractivity contribution in [1.82, 2.24) is 4.37 Å². The average molecular weight is 340 g/mol. The Morgan fingerprint density at radius 3 is 3.10 bits per heavy atom. The van der Waals surface area contributed by atoms with Crippen LogP contribution in [0.15, 0.2) is 18.2 Å². The molecule has 7 heteroatoms. The molecule has 0 aliphatic carbocycles. The number of aromatic nitrogens is 1. The van der Waals surface area contributed by atoms with Gasteiger partial charge in [-0.25, -0.2) is 0 Å². The Bertz CT molecular complexity index is 711. The third kappa shape index (κ3) is 2.93. The quantitative estimate of drug-likeness (QED) is 0.865. The summed E-state index contributed by atoms with van der Waals surface area (Å²) in [6, 6.07) is 7.74. The lowest BCUT2D eigenvalue weighted by Crippen LogP contribution is -2.10. The number of anilines is 1. The molecule has 1 aromatic carbocycles. The summed E-state index contributed by atoms with van der Waals surface area (Å²) in [6.45, 7) is 0.653. The summed E-state index contributed by atoms with van der Waals surface area (Å²) < 4.78 is 9.75. The molecule has 1 aliphatic heterocycles. The van der Waals surface area contributed by atoms with Crippen LogP contribution in [0.5, 0.6) is 5.75 Å². The molecular weight excluding hydrogens is 329 g/mol. The third-order valence-corrected chi connectivity index (χ3v) is 4.70. The topological polar surface area (TPSA) is 57.9 Å². The van der Waals surface area contributed by atoms with Crippen LogP contribution >= 0.6 is 34.7 Å². The molecule has 0 amide bonds. The second kappa shape index (κ2) is 6.10. The van der Waals surface area contributed by atoms with E-state index < -0.39 is 0 Å². The van der Waals surface area contributed by atoms with Crippen molar-refractivity contribution in [3.8, 4) is 11.8 Å². The minimum absolute atomic E-state index is 0.0448. The first-order valence-electron chi connectivity index (χ1n) is 6.43. The van der Waals surface area contributed by atoms with E-state index in [1.54, 1.807) is 0 Å². The standard InChI is InChI=1S/C14H11Cl2N3OS/c15-8-3-4-9-11(2-1-5-20-12(9)6-8)18-14-10(7-17)13(16)19-21-14/h3-4,6,11,18H,1-2,5H2. The molecule has 1 atom stereocenters. The number of nitriles is 1. The number of ether oxygens (including phenoxy) is 1. The monoisotopic (exact) mass is 339 g/mol. The molecule has 1 aromatic heterocycles. The van der Waals surface area contributed by atoms with Gasteiger partial charge in [0.1, 0.15) is 22.4 Å². The van der Waals surface area contributed by atoms with Gasteiger partial charge < -0.3 is 10.1 Å². The van der Waals surface area contributed by atoms with Gasteiger partial charge in [-0.2, -0.15) is 9.64 Å². The number of halogens is 2. The van der Waals surface area contributed by atoms with E-state index in [4.69, 9.17) is 33.2 Å². The number of rotatable bonds is 2. The van der Waals surface area contributed by atoms with Gasteiger partial charge in [-0.3, -0.25) is 0 Å². The first-order valence-corrected chi connectivity index (χ1v) is 7.96. The predicted octanol–water partition coefficient (Wildman–Crippen LogP) is 4.65. The molecule has 0 spiro atoms. The minimum Gasteiger partial charge on any atom is -0.493 e. The van der Waals surface area contributed by atoms with Crippen LogP contribution in [-0.2, 0) is 0 Å². The number of benzene rings is 1. The SMILES string of the molecule is N#Cc1c(Cl)nsc1NC1CCCOc2cc(Cl)ccc21. The summed E-state index contributed by atoms with van der Waals surface area (Å²) >= 11 is 13.1. The highest BCUT2D eigenvalue weighted by Gasteiger charge is 2.22. The lowest BCUT2D eigenvalue weighted by Gasteiger charge is -2.18. The van der Waals surface area contributed by atoms with Gasteiger partial charge in [0.15, 0.2) is 5.15 Å². The van der Waals surface area contributed by atoms with Crippen molar-refractivity contribution in [2.75, 3.05) is 11.9 Å². The molecule has 0 radical (unpaired) electrons. The summed E-state index contributed by atoms with van der Waals surface area (Å²) in [5, 5.41) is 14.1. The van der Waals surface area contributed by atoms with Crippen molar-refractivity contribution in [2.24, 2.45) is 0 Å². The van der Waals surface area contributed by atoms with E-state index in [0.717, 1.165) is 24.2 Å². The second-order valence-corrected chi connectivity index (χ2v) is 6.23. The highest BCUT2D eigenvalue weighted by atomic mass is 35.5. The van der Waals surface area contributed by atoms with Gasteiger partial charge in [0, 0.05) is 10.6 Å². The molecule has 4 nitrogen and oxygen atoms in total. The maximum Gasteiger partial charge on any atom is 0.162 e. The summed E-state index contributed by atoms with van der Waals surface area (Å²) in [7, 11) is 0. The zero-order valence-corrected chi connectivity index (χ0v) is 13.2. The first kappa shape index (κ1) is 14.5. The summed E-state index contributed by atoms with van der Waals surface area (Å²) in [6.07, 6.45) is 1.81. The highest BCUT2D eigenvalue weighted by molar-refractivity contribution is 7.10. The first-order chi connectivity index (χ1) is 10.2. The van der Waals surface area contributed by atoms with Crippen LogP contribution in [-0.4, -0.2) is 11.0 Å². The van der Waals surface area contributed by atoms with Crippen LogP contribution in [0.25, 0.3) is 0 Å². The molecule has 0 saturated heterocycles. The van der Waals surface area contributed by atoms with Crippen LogP contribution in [0.2, 0.25) is 10.2 Å².